The number of aromatic nitrogens is 2. The number of hydrogen-bond acceptors (Lipinski definition) is 6. The molecule has 1 aliphatic heterocycles. The van der Waals surface area contributed by atoms with Crippen molar-refractivity contribution in [1.29, 1.82) is 0 Å². The lowest BCUT2D eigenvalue weighted by molar-refractivity contribution is 0.145. The molecule has 0 unspecified atom stereocenters. The molecule has 0 aromatic carbocycles. The van der Waals surface area contributed by atoms with Crippen LogP contribution in [0.15, 0.2) is 29.2 Å². The van der Waals surface area contributed by atoms with Crippen molar-refractivity contribution >= 4 is 33.0 Å². The summed E-state index contributed by atoms with van der Waals surface area (Å²) in [6, 6.07) is 5.12. The number of carboxylic acid groups (broad SMARTS) is 1. The molecule has 164 valence electrons. The minimum Gasteiger partial charge on any atom is -0.464 e. The Labute approximate surface area is 175 Å². The maximum atomic E-state index is 12.5. The van der Waals surface area contributed by atoms with Crippen molar-refractivity contribution in [2.75, 3.05) is 24.5 Å². The van der Waals surface area contributed by atoms with E-state index in [-0.39, 0.29) is 18.0 Å². The Bertz CT molecular complexity index is 1080. The van der Waals surface area contributed by atoms with Crippen molar-refractivity contribution in [3.8, 4) is 0 Å². The van der Waals surface area contributed by atoms with E-state index in [0.29, 0.717) is 23.0 Å². The first-order valence-electron chi connectivity index (χ1n) is 9.75. The zero-order valence-electron chi connectivity index (χ0n) is 17.3. The smallest absolute Gasteiger partial charge is 0.422 e. The number of amides is 1. The second kappa shape index (κ2) is 8.23. The predicted octanol–water partition coefficient (Wildman–Crippen LogP) is 1.75. The Kier molecular flexibility index (Phi) is 6.04. The molecule has 3 N–H and O–H groups in total. The van der Waals surface area contributed by atoms with Gasteiger partial charge in [0.25, 0.3) is 0 Å². The number of rotatable bonds is 5. The van der Waals surface area contributed by atoms with Crippen LogP contribution < -0.4 is 15.2 Å². The molecule has 0 spiro atoms. The number of aromatic amines is 1. The number of nitrogens with one attached hydrogen (secondary N) is 2. The fourth-order valence-electron chi connectivity index (χ4n) is 3.74. The van der Waals surface area contributed by atoms with Crippen LogP contribution in [0.3, 0.4) is 0 Å². The second-order valence-corrected chi connectivity index (χ2v) is 10.0. The highest BCUT2D eigenvalue weighted by atomic mass is 32.2. The molecule has 30 heavy (non-hydrogen) atoms. The minimum absolute atomic E-state index is 0.0968. The maximum absolute atomic E-state index is 12.5. The highest BCUT2D eigenvalue weighted by molar-refractivity contribution is 7.87. The SMILES string of the molecule is CC(C)(C)N(C(=O)O)S(=O)(=O)NCC1CCN(c2ccnc3[nH]c(=O)ccc23)CC1. The van der Waals surface area contributed by atoms with E-state index in [1.54, 1.807) is 12.3 Å². The van der Waals surface area contributed by atoms with E-state index >= 15 is 0 Å². The van der Waals surface area contributed by atoms with Gasteiger partial charge in [-0.3, -0.25) is 4.79 Å². The van der Waals surface area contributed by atoms with Gasteiger partial charge in [0.05, 0.1) is 5.54 Å². The van der Waals surface area contributed by atoms with E-state index in [0.717, 1.165) is 23.9 Å². The number of pyridine rings is 2. The Balaban J connectivity index is 1.64. The van der Waals surface area contributed by atoms with Crippen LogP contribution in [-0.4, -0.2) is 59.1 Å². The standard InChI is InChI=1S/C19H27N5O5S/c1-19(2,3)24(18(26)27)30(28,29)21-12-13-7-10-23(11-8-13)15-6-9-20-17-14(15)4-5-16(25)22-17/h4-6,9,13,21H,7-8,10-12H2,1-3H3,(H,26,27)(H,20,22,25). The maximum Gasteiger partial charge on any atom is 0.422 e. The number of piperidine rings is 1. The molecule has 3 rings (SSSR count). The molecule has 0 aliphatic carbocycles. The topological polar surface area (TPSA) is 136 Å². The molecular weight excluding hydrogens is 410 g/mol. The molecule has 1 saturated heterocycles. The van der Waals surface area contributed by atoms with Crippen LogP contribution in [-0.2, 0) is 10.2 Å². The van der Waals surface area contributed by atoms with Crippen LogP contribution in [0.4, 0.5) is 10.5 Å². The summed E-state index contributed by atoms with van der Waals surface area (Å²) in [5.41, 5.74) is 0.222. The number of carbonyl (C=O) groups is 1. The third-order valence-electron chi connectivity index (χ3n) is 5.14. The molecule has 11 heteroatoms. The Morgan fingerprint density at radius 1 is 1.30 bits per heavy atom. The third kappa shape index (κ3) is 4.73. The van der Waals surface area contributed by atoms with Gasteiger partial charge in [-0.25, -0.2) is 9.78 Å². The molecule has 0 bridgehead atoms. The molecule has 2 aromatic heterocycles. The van der Waals surface area contributed by atoms with Crippen LogP contribution in [0, 0.1) is 5.92 Å². The minimum atomic E-state index is -4.15. The van der Waals surface area contributed by atoms with Crippen LogP contribution in [0.2, 0.25) is 0 Å². The van der Waals surface area contributed by atoms with Gasteiger partial charge in [0.1, 0.15) is 5.65 Å². The summed E-state index contributed by atoms with van der Waals surface area (Å²) in [7, 11) is -4.15. The molecule has 0 atom stereocenters. The van der Waals surface area contributed by atoms with Crippen LogP contribution in [0.1, 0.15) is 33.6 Å². The number of fused-ring (bicyclic) bond motifs is 1. The van der Waals surface area contributed by atoms with Gasteiger partial charge < -0.3 is 15.0 Å². The second-order valence-electron chi connectivity index (χ2n) is 8.42. The molecule has 1 amide bonds. The fourth-order valence-corrected chi connectivity index (χ4v) is 5.24. The van der Waals surface area contributed by atoms with Crippen molar-refractivity contribution < 1.29 is 18.3 Å². The number of nitrogens with zero attached hydrogens (tertiary/aromatic N) is 3. The molecule has 3 heterocycles. The normalized spacial score (nSPS) is 16.0. The average Bonchev–Trinajstić information content (AvgIpc) is 2.64. The monoisotopic (exact) mass is 437 g/mol. The lowest BCUT2D eigenvalue weighted by Crippen LogP contribution is -2.54. The van der Waals surface area contributed by atoms with Gasteiger partial charge in [0.15, 0.2) is 0 Å². The van der Waals surface area contributed by atoms with Gasteiger partial charge in [-0.1, -0.05) is 0 Å². The van der Waals surface area contributed by atoms with E-state index in [9.17, 15) is 23.1 Å². The van der Waals surface area contributed by atoms with E-state index in [1.807, 2.05) is 6.07 Å². The first kappa shape index (κ1) is 22.0. The summed E-state index contributed by atoms with van der Waals surface area (Å²) < 4.78 is 27.9. The number of H-pyrrole nitrogens is 1. The van der Waals surface area contributed by atoms with Crippen molar-refractivity contribution in [1.82, 2.24) is 19.0 Å². The highest BCUT2D eigenvalue weighted by Crippen LogP contribution is 2.28. The molecule has 2 aromatic rings. The average molecular weight is 438 g/mol. The first-order valence-corrected chi connectivity index (χ1v) is 11.2. The summed E-state index contributed by atoms with van der Waals surface area (Å²) in [5, 5.41) is 10.2. The summed E-state index contributed by atoms with van der Waals surface area (Å²) in [6.07, 6.45) is 1.64. The van der Waals surface area contributed by atoms with E-state index in [4.69, 9.17) is 0 Å². The van der Waals surface area contributed by atoms with Gasteiger partial charge in [-0.15, -0.1) is 0 Å². The molecule has 1 aliphatic rings. The molecule has 1 fully saturated rings. The summed E-state index contributed by atoms with van der Waals surface area (Å²) in [4.78, 5) is 32.1. The number of anilines is 1. The Morgan fingerprint density at radius 3 is 2.57 bits per heavy atom. The van der Waals surface area contributed by atoms with Gasteiger partial charge in [-0.05, 0) is 51.7 Å². The highest BCUT2D eigenvalue weighted by Gasteiger charge is 2.37. The molecule has 0 saturated carbocycles. The van der Waals surface area contributed by atoms with E-state index in [1.165, 1.54) is 26.8 Å². The van der Waals surface area contributed by atoms with Crippen molar-refractivity contribution in [2.24, 2.45) is 5.92 Å². The summed E-state index contributed by atoms with van der Waals surface area (Å²) >= 11 is 0. The largest absolute Gasteiger partial charge is 0.464 e. The quantitative estimate of drug-likeness (QED) is 0.648. The molecule has 10 nitrogen and oxygen atoms in total. The fraction of sp³-hybridized carbons (Fsp3) is 0.526. The molecular formula is C19H27N5O5S. The Morgan fingerprint density at radius 2 is 1.97 bits per heavy atom. The lowest BCUT2D eigenvalue weighted by Gasteiger charge is -2.35. The lowest BCUT2D eigenvalue weighted by atomic mass is 9.96. The molecule has 0 radical (unpaired) electrons. The summed E-state index contributed by atoms with van der Waals surface area (Å²) in [5.74, 6) is 0.0968. The van der Waals surface area contributed by atoms with Gasteiger partial charge >= 0.3 is 16.3 Å². The Hall–Kier alpha value is -2.66. The predicted molar refractivity (Wildman–Crippen MR) is 114 cm³/mol. The van der Waals surface area contributed by atoms with E-state index < -0.39 is 21.8 Å². The zero-order valence-corrected chi connectivity index (χ0v) is 18.1. The zero-order chi connectivity index (χ0) is 22.1. The first-order chi connectivity index (χ1) is 14.0. The van der Waals surface area contributed by atoms with Crippen molar-refractivity contribution in [3.05, 3.63) is 34.7 Å². The van der Waals surface area contributed by atoms with Crippen LogP contribution in [0.25, 0.3) is 11.0 Å². The summed E-state index contributed by atoms with van der Waals surface area (Å²) in [6.45, 7) is 6.21. The van der Waals surface area contributed by atoms with Gasteiger partial charge in [-0.2, -0.15) is 17.4 Å². The van der Waals surface area contributed by atoms with Crippen molar-refractivity contribution in [2.45, 2.75) is 39.2 Å². The third-order valence-corrected chi connectivity index (χ3v) is 6.86. The van der Waals surface area contributed by atoms with Gasteiger partial charge in [0, 0.05) is 43.0 Å². The number of hydrogen-bond donors (Lipinski definition) is 3. The van der Waals surface area contributed by atoms with Crippen molar-refractivity contribution in [3.63, 3.8) is 0 Å². The van der Waals surface area contributed by atoms with Gasteiger partial charge in [0.2, 0.25) is 5.56 Å². The van der Waals surface area contributed by atoms with Crippen LogP contribution >= 0.6 is 0 Å². The van der Waals surface area contributed by atoms with Crippen LogP contribution in [0.5, 0.6) is 0 Å². The van der Waals surface area contributed by atoms with E-state index in [2.05, 4.69) is 19.6 Å².